The molecule has 2 rings (SSSR count). The van der Waals surface area contributed by atoms with E-state index in [4.69, 9.17) is 9.84 Å². The number of sulfonamides is 1. The lowest BCUT2D eigenvalue weighted by molar-refractivity contribution is 0.213. The molecule has 0 aromatic heterocycles. The number of para-hydroxylation sites is 1. The lowest BCUT2D eigenvalue weighted by Crippen LogP contribution is -2.32. The van der Waals surface area contributed by atoms with Crippen molar-refractivity contribution in [2.24, 2.45) is 5.41 Å². The highest BCUT2D eigenvalue weighted by atomic mass is 32.2. The summed E-state index contributed by atoms with van der Waals surface area (Å²) < 4.78 is 31.8. The molecule has 0 heterocycles. The van der Waals surface area contributed by atoms with Gasteiger partial charge in [-0.25, -0.2) is 13.1 Å². The van der Waals surface area contributed by atoms with E-state index in [0.717, 1.165) is 12.8 Å². The summed E-state index contributed by atoms with van der Waals surface area (Å²) in [6.45, 7) is 0.283. The first kappa shape index (κ1) is 13.3. The van der Waals surface area contributed by atoms with Crippen LogP contribution in [0.5, 0.6) is 5.75 Å². The van der Waals surface area contributed by atoms with E-state index < -0.39 is 10.0 Å². The molecule has 0 spiro atoms. The molecule has 0 amide bonds. The van der Waals surface area contributed by atoms with E-state index >= 15 is 0 Å². The van der Waals surface area contributed by atoms with Crippen LogP contribution in [0.3, 0.4) is 0 Å². The summed E-state index contributed by atoms with van der Waals surface area (Å²) >= 11 is 0. The Bertz CT molecular complexity index is 523. The quantitative estimate of drug-likeness (QED) is 0.800. The van der Waals surface area contributed by atoms with E-state index in [9.17, 15) is 8.42 Å². The molecular weight excluding hydrogens is 254 g/mol. The summed E-state index contributed by atoms with van der Waals surface area (Å²) in [5.74, 6) is 0.318. The van der Waals surface area contributed by atoms with E-state index in [1.165, 1.54) is 13.2 Å². The average molecular weight is 271 g/mol. The van der Waals surface area contributed by atoms with Crippen LogP contribution in [0.15, 0.2) is 29.2 Å². The number of benzene rings is 1. The molecule has 0 unspecified atom stereocenters. The number of hydrogen-bond donors (Lipinski definition) is 2. The molecule has 1 aromatic carbocycles. The van der Waals surface area contributed by atoms with Gasteiger partial charge in [-0.3, -0.25) is 0 Å². The van der Waals surface area contributed by atoms with Crippen molar-refractivity contribution >= 4 is 10.0 Å². The van der Waals surface area contributed by atoms with Crippen LogP contribution >= 0.6 is 0 Å². The SMILES string of the molecule is COc1ccccc1S(=O)(=O)NCC1(CO)CC1. The standard InChI is InChI=1S/C12H17NO4S/c1-17-10-4-2-3-5-11(10)18(15,16)13-8-12(9-14)6-7-12/h2-5,13-14H,6-9H2,1H3. The fourth-order valence-corrected chi connectivity index (χ4v) is 3.06. The van der Waals surface area contributed by atoms with E-state index in [1.54, 1.807) is 18.2 Å². The van der Waals surface area contributed by atoms with Crippen molar-refractivity contribution in [2.75, 3.05) is 20.3 Å². The second-order valence-corrected chi connectivity index (χ2v) is 6.37. The predicted octanol–water partition coefficient (Wildman–Crippen LogP) is 0.746. The Morgan fingerprint density at radius 1 is 1.39 bits per heavy atom. The van der Waals surface area contributed by atoms with E-state index in [0.29, 0.717) is 5.75 Å². The first-order chi connectivity index (χ1) is 8.53. The highest BCUT2D eigenvalue weighted by Crippen LogP contribution is 2.44. The zero-order valence-electron chi connectivity index (χ0n) is 10.2. The number of hydrogen-bond acceptors (Lipinski definition) is 4. The Morgan fingerprint density at radius 3 is 2.61 bits per heavy atom. The Morgan fingerprint density at radius 2 is 2.06 bits per heavy atom. The molecule has 18 heavy (non-hydrogen) atoms. The number of aliphatic hydroxyl groups excluding tert-OH is 1. The molecule has 0 atom stereocenters. The van der Waals surface area contributed by atoms with Gasteiger partial charge in [-0.05, 0) is 25.0 Å². The van der Waals surface area contributed by atoms with Gasteiger partial charge in [0.15, 0.2) is 0 Å². The van der Waals surface area contributed by atoms with Crippen LogP contribution in [0.1, 0.15) is 12.8 Å². The Balaban J connectivity index is 2.15. The molecule has 1 aromatic rings. The van der Waals surface area contributed by atoms with Gasteiger partial charge in [0.05, 0.1) is 7.11 Å². The highest BCUT2D eigenvalue weighted by Gasteiger charge is 2.42. The molecule has 0 saturated heterocycles. The van der Waals surface area contributed by atoms with Gasteiger partial charge in [-0.1, -0.05) is 12.1 Å². The lowest BCUT2D eigenvalue weighted by Gasteiger charge is -2.14. The Kier molecular flexibility index (Phi) is 3.61. The number of aliphatic hydroxyl groups is 1. The Labute approximate surface area is 107 Å². The van der Waals surface area contributed by atoms with Crippen LogP contribution < -0.4 is 9.46 Å². The van der Waals surface area contributed by atoms with Crippen molar-refractivity contribution in [2.45, 2.75) is 17.7 Å². The van der Waals surface area contributed by atoms with Gasteiger partial charge >= 0.3 is 0 Å². The van der Waals surface area contributed by atoms with Crippen molar-refractivity contribution < 1.29 is 18.3 Å². The average Bonchev–Trinajstić information content (AvgIpc) is 3.17. The maximum atomic E-state index is 12.1. The molecule has 1 aliphatic carbocycles. The van der Waals surface area contributed by atoms with Gasteiger partial charge in [0, 0.05) is 18.6 Å². The zero-order valence-corrected chi connectivity index (χ0v) is 11.0. The van der Waals surface area contributed by atoms with Gasteiger partial charge in [0.1, 0.15) is 10.6 Å². The van der Waals surface area contributed by atoms with Crippen molar-refractivity contribution in [1.29, 1.82) is 0 Å². The lowest BCUT2D eigenvalue weighted by atomic mass is 10.1. The zero-order chi connectivity index (χ0) is 13.2. The Hall–Kier alpha value is -1.11. The van der Waals surface area contributed by atoms with Gasteiger partial charge in [0.25, 0.3) is 0 Å². The largest absolute Gasteiger partial charge is 0.495 e. The monoisotopic (exact) mass is 271 g/mol. The minimum Gasteiger partial charge on any atom is -0.495 e. The minimum absolute atomic E-state index is 0.0153. The topological polar surface area (TPSA) is 75.6 Å². The molecule has 0 bridgehead atoms. The fraction of sp³-hybridized carbons (Fsp3) is 0.500. The van der Waals surface area contributed by atoms with Crippen LogP contribution in [0.25, 0.3) is 0 Å². The summed E-state index contributed by atoms with van der Waals surface area (Å²) in [5, 5.41) is 9.17. The molecule has 100 valence electrons. The molecule has 2 N–H and O–H groups in total. The normalized spacial score (nSPS) is 17.4. The van der Waals surface area contributed by atoms with Crippen molar-refractivity contribution in [3.05, 3.63) is 24.3 Å². The second kappa shape index (κ2) is 4.87. The number of methoxy groups -OCH3 is 1. The maximum Gasteiger partial charge on any atom is 0.244 e. The molecule has 0 aliphatic heterocycles. The third kappa shape index (κ3) is 2.66. The van der Waals surface area contributed by atoms with Crippen LogP contribution in [0, 0.1) is 5.41 Å². The summed E-state index contributed by atoms with van der Waals surface area (Å²) in [4.78, 5) is 0.126. The summed E-state index contributed by atoms with van der Waals surface area (Å²) in [5.41, 5.74) is -0.255. The van der Waals surface area contributed by atoms with Gasteiger partial charge in [-0.15, -0.1) is 0 Å². The van der Waals surface area contributed by atoms with Crippen molar-refractivity contribution in [1.82, 2.24) is 4.72 Å². The first-order valence-electron chi connectivity index (χ1n) is 5.77. The van der Waals surface area contributed by atoms with Gasteiger partial charge in [0.2, 0.25) is 10.0 Å². The minimum atomic E-state index is -3.59. The smallest absolute Gasteiger partial charge is 0.244 e. The van der Waals surface area contributed by atoms with Crippen LogP contribution in [-0.2, 0) is 10.0 Å². The molecule has 1 saturated carbocycles. The van der Waals surface area contributed by atoms with Crippen LogP contribution in [-0.4, -0.2) is 33.8 Å². The van der Waals surface area contributed by atoms with Crippen molar-refractivity contribution in [3.8, 4) is 5.75 Å². The van der Waals surface area contributed by atoms with E-state index in [-0.39, 0.29) is 23.5 Å². The third-order valence-electron chi connectivity index (χ3n) is 3.29. The maximum absolute atomic E-state index is 12.1. The molecule has 5 nitrogen and oxygen atoms in total. The van der Waals surface area contributed by atoms with E-state index in [1.807, 2.05) is 0 Å². The van der Waals surface area contributed by atoms with Gasteiger partial charge in [-0.2, -0.15) is 0 Å². The number of ether oxygens (including phenoxy) is 1. The molecular formula is C12H17NO4S. The van der Waals surface area contributed by atoms with Crippen LogP contribution in [0.4, 0.5) is 0 Å². The third-order valence-corrected chi connectivity index (χ3v) is 4.73. The molecule has 0 radical (unpaired) electrons. The first-order valence-corrected chi connectivity index (χ1v) is 7.25. The number of nitrogens with one attached hydrogen (secondary N) is 1. The highest BCUT2D eigenvalue weighted by molar-refractivity contribution is 7.89. The van der Waals surface area contributed by atoms with E-state index in [2.05, 4.69) is 4.72 Å². The molecule has 6 heteroatoms. The summed E-state index contributed by atoms with van der Waals surface area (Å²) in [6.07, 6.45) is 1.72. The second-order valence-electron chi connectivity index (χ2n) is 4.63. The van der Waals surface area contributed by atoms with Crippen molar-refractivity contribution in [3.63, 3.8) is 0 Å². The summed E-state index contributed by atoms with van der Waals surface area (Å²) in [6, 6.07) is 6.47. The summed E-state index contributed by atoms with van der Waals surface area (Å²) in [7, 11) is -2.16. The fourth-order valence-electron chi connectivity index (χ4n) is 1.73. The molecule has 1 fully saturated rings. The number of rotatable bonds is 6. The molecule has 1 aliphatic rings. The van der Waals surface area contributed by atoms with Gasteiger partial charge < -0.3 is 9.84 Å². The predicted molar refractivity (Wildman–Crippen MR) is 66.9 cm³/mol. The van der Waals surface area contributed by atoms with Crippen LogP contribution in [0.2, 0.25) is 0 Å².